The number of rotatable bonds is 6. The van der Waals surface area contributed by atoms with Crippen molar-refractivity contribution in [3.63, 3.8) is 0 Å². The van der Waals surface area contributed by atoms with Crippen molar-refractivity contribution in [1.82, 2.24) is 15.0 Å². The van der Waals surface area contributed by atoms with Gasteiger partial charge in [-0.25, -0.2) is 13.4 Å². The topological polar surface area (TPSA) is 91.4 Å². The van der Waals surface area contributed by atoms with Crippen LogP contribution in [0.4, 0.5) is 5.13 Å². The Hall–Kier alpha value is -1.46. The van der Waals surface area contributed by atoms with Crippen LogP contribution < -0.4 is 14.9 Å². The first-order chi connectivity index (χ1) is 12.9. The number of anilines is 1. The third kappa shape index (κ3) is 4.19. The lowest BCUT2D eigenvalue weighted by molar-refractivity contribution is -0.114. The molecule has 2 aliphatic rings. The first kappa shape index (κ1) is 18.9. The van der Waals surface area contributed by atoms with Crippen LogP contribution in [-0.4, -0.2) is 38.2 Å². The first-order valence-electron chi connectivity index (χ1n) is 8.37. The molecule has 0 unspecified atom stereocenters. The molecule has 0 spiro atoms. The number of nitrogens with one attached hydrogen (secondary N) is 2. The normalized spacial score (nSPS) is 17.1. The molecule has 0 saturated heterocycles. The van der Waals surface area contributed by atoms with Crippen LogP contribution in [0.15, 0.2) is 23.9 Å². The average molecular weight is 445 g/mol. The van der Waals surface area contributed by atoms with Crippen LogP contribution in [0.2, 0.25) is 4.34 Å². The van der Waals surface area contributed by atoms with E-state index in [0.717, 1.165) is 35.0 Å². The Bertz CT molecular complexity index is 989. The van der Waals surface area contributed by atoms with Crippen molar-refractivity contribution in [2.75, 3.05) is 23.7 Å². The molecule has 4 rings (SSSR count). The number of aryl methyl sites for hydroxylation is 1. The molecular formula is C16H17ClN4O3S3. The maximum absolute atomic E-state index is 12.6. The number of thiophene rings is 1. The van der Waals surface area contributed by atoms with E-state index in [2.05, 4.69) is 15.0 Å². The fourth-order valence-electron chi connectivity index (χ4n) is 2.92. The second kappa shape index (κ2) is 7.51. The van der Waals surface area contributed by atoms with E-state index in [1.54, 1.807) is 12.1 Å². The van der Waals surface area contributed by atoms with Gasteiger partial charge in [0.15, 0.2) is 5.13 Å². The zero-order chi connectivity index (χ0) is 19.0. The number of nitrogens with zero attached hydrogens (tertiary/aromatic N) is 2. The van der Waals surface area contributed by atoms with Crippen LogP contribution in [0.1, 0.15) is 15.4 Å². The summed E-state index contributed by atoms with van der Waals surface area (Å²) in [5.41, 5.74) is 1.11. The van der Waals surface area contributed by atoms with Crippen molar-refractivity contribution in [2.45, 2.75) is 19.4 Å². The SMILES string of the molecule is O=C1C(NS(=O)(=O)CCc2ccc(Cl)s2)=CCN1c1nc2c(s1)CNCC2. The Kier molecular flexibility index (Phi) is 5.26. The third-order valence-corrected chi connectivity index (χ3v) is 7.97. The van der Waals surface area contributed by atoms with Gasteiger partial charge in [-0.3, -0.25) is 14.4 Å². The van der Waals surface area contributed by atoms with E-state index in [-0.39, 0.29) is 17.4 Å². The van der Waals surface area contributed by atoms with Gasteiger partial charge in [-0.1, -0.05) is 22.9 Å². The number of amides is 1. The Morgan fingerprint density at radius 1 is 1.33 bits per heavy atom. The second-order valence-electron chi connectivity index (χ2n) is 6.20. The van der Waals surface area contributed by atoms with Gasteiger partial charge in [0.2, 0.25) is 10.0 Å². The van der Waals surface area contributed by atoms with Gasteiger partial charge in [-0.15, -0.1) is 11.3 Å². The summed E-state index contributed by atoms with van der Waals surface area (Å²) in [6.07, 6.45) is 2.79. The molecule has 4 heterocycles. The summed E-state index contributed by atoms with van der Waals surface area (Å²) < 4.78 is 27.7. The highest BCUT2D eigenvalue weighted by Gasteiger charge is 2.31. The molecule has 0 radical (unpaired) electrons. The van der Waals surface area contributed by atoms with Gasteiger partial charge in [-0.05, 0) is 24.6 Å². The predicted octanol–water partition coefficient (Wildman–Crippen LogP) is 1.90. The van der Waals surface area contributed by atoms with E-state index in [1.807, 2.05) is 6.07 Å². The van der Waals surface area contributed by atoms with Crippen LogP contribution in [0.5, 0.6) is 0 Å². The zero-order valence-electron chi connectivity index (χ0n) is 14.2. The van der Waals surface area contributed by atoms with Crippen molar-refractivity contribution in [3.05, 3.63) is 43.7 Å². The number of hydrogen-bond donors (Lipinski definition) is 2. The molecule has 1 amide bonds. The summed E-state index contributed by atoms with van der Waals surface area (Å²) in [5.74, 6) is -0.470. The number of aromatic nitrogens is 1. The quantitative estimate of drug-likeness (QED) is 0.710. The molecule has 144 valence electrons. The summed E-state index contributed by atoms with van der Waals surface area (Å²) in [6, 6.07) is 3.55. The number of fused-ring (bicyclic) bond motifs is 1. The van der Waals surface area contributed by atoms with E-state index in [9.17, 15) is 13.2 Å². The molecule has 2 aliphatic heterocycles. The molecule has 2 aromatic heterocycles. The highest BCUT2D eigenvalue weighted by atomic mass is 35.5. The molecule has 0 atom stereocenters. The lowest BCUT2D eigenvalue weighted by Gasteiger charge is -2.13. The monoisotopic (exact) mass is 444 g/mol. The van der Waals surface area contributed by atoms with E-state index in [0.29, 0.717) is 22.4 Å². The minimum Gasteiger partial charge on any atom is -0.311 e. The molecule has 11 heteroatoms. The molecule has 7 nitrogen and oxygen atoms in total. The second-order valence-corrected chi connectivity index (χ2v) is 10.9. The van der Waals surface area contributed by atoms with Crippen molar-refractivity contribution >= 4 is 55.3 Å². The highest BCUT2D eigenvalue weighted by Crippen LogP contribution is 2.30. The highest BCUT2D eigenvalue weighted by molar-refractivity contribution is 7.89. The van der Waals surface area contributed by atoms with Crippen LogP contribution in [-0.2, 0) is 34.2 Å². The smallest absolute Gasteiger partial charge is 0.277 e. The van der Waals surface area contributed by atoms with Crippen molar-refractivity contribution < 1.29 is 13.2 Å². The molecule has 2 aromatic rings. The number of sulfonamides is 1. The van der Waals surface area contributed by atoms with Gasteiger partial charge in [0, 0.05) is 35.8 Å². The third-order valence-electron chi connectivity index (χ3n) is 4.29. The maximum atomic E-state index is 12.6. The van der Waals surface area contributed by atoms with Crippen molar-refractivity contribution in [2.24, 2.45) is 0 Å². The van der Waals surface area contributed by atoms with Crippen molar-refractivity contribution in [1.29, 1.82) is 0 Å². The standard InChI is InChI=1S/C16H17ClN4O3S3/c17-14-2-1-10(25-14)5-8-27(23,24)20-12-4-7-21(15(12)22)16-19-11-3-6-18-9-13(11)26-16/h1-2,4,18,20H,3,5-9H2. The van der Waals surface area contributed by atoms with Gasteiger partial charge in [0.05, 0.1) is 15.8 Å². The molecule has 0 fully saturated rings. The van der Waals surface area contributed by atoms with Crippen LogP contribution in [0.25, 0.3) is 0 Å². The van der Waals surface area contributed by atoms with E-state index >= 15 is 0 Å². The van der Waals surface area contributed by atoms with E-state index in [1.165, 1.54) is 27.6 Å². The Morgan fingerprint density at radius 3 is 2.93 bits per heavy atom. The molecular weight excluding hydrogens is 428 g/mol. The number of carbonyl (C=O) groups excluding carboxylic acids is 1. The fraction of sp³-hybridized carbons (Fsp3) is 0.375. The Balaban J connectivity index is 1.40. The minimum atomic E-state index is -3.62. The van der Waals surface area contributed by atoms with Crippen molar-refractivity contribution in [3.8, 4) is 0 Å². The molecule has 0 aromatic carbocycles. The largest absolute Gasteiger partial charge is 0.311 e. The lowest BCUT2D eigenvalue weighted by atomic mass is 10.2. The molecule has 2 N–H and O–H groups in total. The zero-order valence-corrected chi connectivity index (χ0v) is 17.4. The summed E-state index contributed by atoms with van der Waals surface area (Å²) in [4.78, 5) is 20.7. The predicted molar refractivity (Wildman–Crippen MR) is 108 cm³/mol. The van der Waals surface area contributed by atoms with E-state index < -0.39 is 10.0 Å². The maximum Gasteiger partial charge on any atom is 0.277 e. The molecule has 0 bridgehead atoms. The summed E-state index contributed by atoms with van der Waals surface area (Å²) >= 11 is 8.69. The first-order valence-corrected chi connectivity index (χ1v) is 12.0. The van der Waals surface area contributed by atoms with Crippen LogP contribution in [0.3, 0.4) is 0 Å². The fourth-order valence-corrected chi connectivity index (χ4v) is 6.31. The average Bonchev–Trinajstić information content (AvgIpc) is 3.32. The number of thiazole rings is 1. The van der Waals surface area contributed by atoms with Crippen LogP contribution in [0, 0.1) is 0 Å². The molecule has 27 heavy (non-hydrogen) atoms. The summed E-state index contributed by atoms with van der Waals surface area (Å²) in [5, 5.41) is 3.90. The lowest BCUT2D eigenvalue weighted by Crippen LogP contribution is -2.34. The van der Waals surface area contributed by atoms with Gasteiger partial charge in [-0.2, -0.15) is 0 Å². The molecule has 0 saturated carbocycles. The minimum absolute atomic E-state index is 0.0884. The van der Waals surface area contributed by atoms with Gasteiger partial charge < -0.3 is 5.32 Å². The van der Waals surface area contributed by atoms with Gasteiger partial charge in [0.25, 0.3) is 5.91 Å². The number of halogens is 1. The van der Waals surface area contributed by atoms with Gasteiger partial charge in [0.1, 0.15) is 5.70 Å². The Labute approximate surface area is 170 Å². The van der Waals surface area contributed by atoms with E-state index in [4.69, 9.17) is 11.6 Å². The number of hydrogen-bond acceptors (Lipinski definition) is 7. The van der Waals surface area contributed by atoms with Crippen LogP contribution >= 0.6 is 34.3 Å². The van der Waals surface area contributed by atoms with Gasteiger partial charge >= 0.3 is 0 Å². The summed E-state index contributed by atoms with van der Waals surface area (Å²) in [6.45, 7) is 1.95. The number of carbonyl (C=O) groups is 1. The Morgan fingerprint density at radius 2 is 2.19 bits per heavy atom. The molecule has 0 aliphatic carbocycles. The summed E-state index contributed by atoms with van der Waals surface area (Å²) in [7, 11) is -3.62.